The Hall–Kier alpha value is -2.67. The van der Waals surface area contributed by atoms with Crippen molar-refractivity contribution in [1.29, 1.82) is 5.26 Å². The molecule has 0 saturated heterocycles. The fourth-order valence-corrected chi connectivity index (χ4v) is 1.85. The lowest BCUT2D eigenvalue weighted by Gasteiger charge is -2.09. The van der Waals surface area contributed by atoms with Gasteiger partial charge in [0.25, 0.3) is 0 Å². The third-order valence-electron chi connectivity index (χ3n) is 2.97. The Morgan fingerprint density at radius 3 is 2.40 bits per heavy atom. The van der Waals surface area contributed by atoms with E-state index in [1.165, 1.54) is 0 Å². The minimum Gasteiger partial charge on any atom is -0.497 e. The molecule has 4 heteroatoms. The summed E-state index contributed by atoms with van der Waals surface area (Å²) < 4.78 is 10.3. The van der Waals surface area contributed by atoms with Gasteiger partial charge in [-0.25, -0.2) is 0 Å². The molecule has 0 fully saturated rings. The van der Waals surface area contributed by atoms with E-state index in [2.05, 4.69) is 11.4 Å². The molecule has 2 rings (SSSR count). The highest BCUT2D eigenvalue weighted by Crippen LogP contribution is 2.20. The number of anilines is 1. The van der Waals surface area contributed by atoms with Gasteiger partial charge >= 0.3 is 0 Å². The Kier molecular flexibility index (Phi) is 4.46. The first kappa shape index (κ1) is 13.8. The number of hydrogen-bond acceptors (Lipinski definition) is 4. The molecule has 2 aromatic rings. The van der Waals surface area contributed by atoms with Crippen molar-refractivity contribution in [1.82, 2.24) is 0 Å². The predicted octanol–water partition coefficient (Wildman–Crippen LogP) is 3.19. The van der Waals surface area contributed by atoms with Crippen LogP contribution in [0.3, 0.4) is 0 Å². The van der Waals surface area contributed by atoms with Crippen molar-refractivity contribution in [2.75, 3.05) is 19.5 Å². The van der Waals surface area contributed by atoms with E-state index in [9.17, 15) is 0 Å². The van der Waals surface area contributed by atoms with Gasteiger partial charge in [-0.05, 0) is 42.0 Å². The zero-order valence-electron chi connectivity index (χ0n) is 11.5. The minimum absolute atomic E-state index is 0.542. The van der Waals surface area contributed by atoms with Crippen LogP contribution in [0.2, 0.25) is 0 Å². The summed E-state index contributed by atoms with van der Waals surface area (Å²) in [6.07, 6.45) is 0. The number of nitrogens with one attached hydrogen (secondary N) is 1. The normalized spacial score (nSPS) is 9.65. The molecule has 0 radical (unpaired) electrons. The van der Waals surface area contributed by atoms with Crippen LogP contribution in [0, 0.1) is 11.3 Å². The number of hydrogen-bond donors (Lipinski definition) is 1. The standard InChI is InChI=1S/C16H16N2O2/c1-19-15-7-5-14(6-8-15)18-11-12-3-4-13(10-17)16(9-12)20-2/h3-9,18H,11H2,1-2H3. The fraction of sp³-hybridized carbons (Fsp3) is 0.188. The molecule has 0 heterocycles. The highest BCUT2D eigenvalue weighted by Gasteiger charge is 2.03. The molecule has 4 nitrogen and oxygen atoms in total. The topological polar surface area (TPSA) is 54.3 Å². The molecule has 0 aliphatic heterocycles. The van der Waals surface area contributed by atoms with E-state index in [1.54, 1.807) is 20.3 Å². The lowest BCUT2D eigenvalue weighted by atomic mass is 10.1. The molecule has 0 unspecified atom stereocenters. The maximum Gasteiger partial charge on any atom is 0.136 e. The first-order valence-corrected chi connectivity index (χ1v) is 6.21. The summed E-state index contributed by atoms with van der Waals surface area (Å²) in [6.45, 7) is 0.661. The molecule has 1 N–H and O–H groups in total. The van der Waals surface area contributed by atoms with Gasteiger partial charge in [0.15, 0.2) is 0 Å². The van der Waals surface area contributed by atoms with Crippen molar-refractivity contribution in [3.63, 3.8) is 0 Å². The van der Waals surface area contributed by atoms with Crippen LogP contribution in [0.25, 0.3) is 0 Å². The Morgan fingerprint density at radius 1 is 1.05 bits per heavy atom. The smallest absolute Gasteiger partial charge is 0.136 e. The second-order valence-corrected chi connectivity index (χ2v) is 4.23. The van der Waals surface area contributed by atoms with Crippen LogP contribution >= 0.6 is 0 Å². The second-order valence-electron chi connectivity index (χ2n) is 4.23. The van der Waals surface area contributed by atoms with Crippen molar-refractivity contribution >= 4 is 5.69 Å². The number of benzene rings is 2. The van der Waals surface area contributed by atoms with Gasteiger partial charge in [0.1, 0.15) is 17.6 Å². The second kappa shape index (κ2) is 6.48. The summed E-state index contributed by atoms with van der Waals surface area (Å²) in [5.41, 5.74) is 2.60. The van der Waals surface area contributed by atoms with E-state index in [0.29, 0.717) is 17.9 Å². The molecular weight excluding hydrogens is 252 g/mol. The molecule has 0 bridgehead atoms. The highest BCUT2D eigenvalue weighted by molar-refractivity contribution is 5.49. The van der Waals surface area contributed by atoms with Gasteiger partial charge in [0.05, 0.1) is 19.8 Å². The fourth-order valence-electron chi connectivity index (χ4n) is 1.85. The lowest BCUT2D eigenvalue weighted by Crippen LogP contribution is -2.00. The SMILES string of the molecule is COc1ccc(NCc2ccc(C#N)c(OC)c2)cc1. The van der Waals surface area contributed by atoms with Crippen molar-refractivity contribution < 1.29 is 9.47 Å². The van der Waals surface area contributed by atoms with Crippen molar-refractivity contribution in [3.8, 4) is 17.6 Å². The van der Waals surface area contributed by atoms with Crippen molar-refractivity contribution in [2.24, 2.45) is 0 Å². The Labute approximate surface area is 118 Å². The molecule has 20 heavy (non-hydrogen) atoms. The molecule has 2 aromatic carbocycles. The molecule has 0 amide bonds. The first-order chi connectivity index (χ1) is 9.76. The van der Waals surface area contributed by atoms with Crippen LogP contribution in [-0.4, -0.2) is 14.2 Å². The Bertz CT molecular complexity index is 615. The largest absolute Gasteiger partial charge is 0.497 e. The summed E-state index contributed by atoms with van der Waals surface area (Å²) >= 11 is 0. The molecular formula is C16H16N2O2. The summed E-state index contributed by atoms with van der Waals surface area (Å²) in [5, 5.41) is 12.2. The van der Waals surface area contributed by atoms with E-state index < -0.39 is 0 Å². The maximum atomic E-state index is 8.94. The van der Waals surface area contributed by atoms with Gasteiger partial charge in [-0.2, -0.15) is 5.26 Å². The Balaban J connectivity index is 2.05. The van der Waals surface area contributed by atoms with Gasteiger partial charge < -0.3 is 14.8 Å². The zero-order valence-corrected chi connectivity index (χ0v) is 11.5. The minimum atomic E-state index is 0.542. The third-order valence-corrected chi connectivity index (χ3v) is 2.97. The molecule has 0 aromatic heterocycles. The third kappa shape index (κ3) is 3.21. The van der Waals surface area contributed by atoms with E-state index in [-0.39, 0.29) is 0 Å². The molecule has 0 aliphatic rings. The van der Waals surface area contributed by atoms with E-state index in [4.69, 9.17) is 14.7 Å². The average molecular weight is 268 g/mol. The van der Waals surface area contributed by atoms with Crippen LogP contribution in [0.4, 0.5) is 5.69 Å². The van der Waals surface area contributed by atoms with E-state index >= 15 is 0 Å². The maximum absolute atomic E-state index is 8.94. The Morgan fingerprint density at radius 2 is 1.80 bits per heavy atom. The van der Waals surface area contributed by atoms with Gasteiger partial charge in [-0.15, -0.1) is 0 Å². The number of rotatable bonds is 5. The van der Waals surface area contributed by atoms with Crippen LogP contribution < -0.4 is 14.8 Å². The number of nitriles is 1. The van der Waals surface area contributed by atoms with Crippen LogP contribution in [-0.2, 0) is 6.54 Å². The first-order valence-electron chi connectivity index (χ1n) is 6.21. The highest BCUT2D eigenvalue weighted by atomic mass is 16.5. The number of nitrogens with zero attached hydrogens (tertiary/aromatic N) is 1. The predicted molar refractivity (Wildman–Crippen MR) is 78.0 cm³/mol. The van der Waals surface area contributed by atoms with E-state index in [1.807, 2.05) is 36.4 Å². The summed E-state index contributed by atoms with van der Waals surface area (Å²) in [6, 6.07) is 15.4. The quantitative estimate of drug-likeness (QED) is 0.904. The van der Waals surface area contributed by atoms with Gasteiger partial charge in [0, 0.05) is 12.2 Å². The van der Waals surface area contributed by atoms with Gasteiger partial charge in [0.2, 0.25) is 0 Å². The van der Waals surface area contributed by atoms with Gasteiger partial charge in [-0.1, -0.05) is 6.07 Å². The molecule has 0 aliphatic carbocycles. The molecule has 102 valence electrons. The van der Waals surface area contributed by atoms with Crippen molar-refractivity contribution in [3.05, 3.63) is 53.6 Å². The molecule has 0 saturated carbocycles. The summed E-state index contributed by atoms with van der Waals surface area (Å²) in [5.74, 6) is 1.43. The molecule has 0 atom stereocenters. The average Bonchev–Trinajstić information content (AvgIpc) is 2.53. The van der Waals surface area contributed by atoms with Crippen LogP contribution in [0.1, 0.15) is 11.1 Å². The summed E-state index contributed by atoms with van der Waals surface area (Å²) in [7, 11) is 3.21. The van der Waals surface area contributed by atoms with Crippen LogP contribution in [0.5, 0.6) is 11.5 Å². The lowest BCUT2D eigenvalue weighted by molar-refractivity contribution is 0.413. The summed E-state index contributed by atoms with van der Waals surface area (Å²) in [4.78, 5) is 0. The zero-order chi connectivity index (χ0) is 14.4. The van der Waals surface area contributed by atoms with Gasteiger partial charge in [-0.3, -0.25) is 0 Å². The van der Waals surface area contributed by atoms with Crippen LogP contribution in [0.15, 0.2) is 42.5 Å². The van der Waals surface area contributed by atoms with Crippen molar-refractivity contribution in [2.45, 2.75) is 6.54 Å². The number of ether oxygens (including phenoxy) is 2. The molecule has 0 spiro atoms. The van der Waals surface area contributed by atoms with E-state index in [0.717, 1.165) is 17.0 Å². The monoisotopic (exact) mass is 268 g/mol. The number of methoxy groups -OCH3 is 2.